The van der Waals surface area contributed by atoms with Crippen LogP contribution in [0.15, 0.2) is 12.1 Å². The first kappa shape index (κ1) is 14.4. The Balaban J connectivity index is 2.71. The fourth-order valence-electron chi connectivity index (χ4n) is 1.26. The highest BCUT2D eigenvalue weighted by Crippen LogP contribution is 2.11. The van der Waals surface area contributed by atoms with Gasteiger partial charge in [-0.15, -0.1) is 0 Å². The number of nitrogens with one attached hydrogen (secondary N) is 1. The zero-order chi connectivity index (χ0) is 13.8. The van der Waals surface area contributed by atoms with E-state index in [-0.39, 0.29) is 12.3 Å². The van der Waals surface area contributed by atoms with Gasteiger partial charge in [0.05, 0.1) is 11.3 Å². The van der Waals surface area contributed by atoms with Crippen LogP contribution in [-0.4, -0.2) is 44.1 Å². The molecular weight excluding hydrogens is 252 g/mol. The summed E-state index contributed by atoms with van der Waals surface area (Å²) in [6.45, 7) is 2.02. The van der Waals surface area contributed by atoms with Crippen LogP contribution in [0.25, 0.3) is 0 Å². The lowest BCUT2D eigenvalue weighted by molar-refractivity contribution is 0.521. The molecule has 7 heteroatoms. The molecule has 0 bridgehead atoms. The quantitative estimate of drug-likeness (QED) is 0.843. The molecule has 0 aliphatic rings. The standard InChI is InChI=1S/C11H16N4O2S/c1-9-4-5-10(8-12)11(14-9)13-6-7-18(16,17)15(2)3/h4-5H,6-7H2,1-3H3,(H,13,14). The number of hydrogen-bond acceptors (Lipinski definition) is 5. The van der Waals surface area contributed by atoms with Gasteiger partial charge in [0.1, 0.15) is 11.9 Å². The molecule has 18 heavy (non-hydrogen) atoms. The Morgan fingerprint density at radius 1 is 1.44 bits per heavy atom. The second-order valence-corrected chi connectivity index (χ2v) is 6.29. The van der Waals surface area contributed by atoms with Crippen LogP contribution >= 0.6 is 0 Å². The molecule has 0 amide bonds. The molecule has 1 aromatic heterocycles. The molecule has 0 aliphatic heterocycles. The molecule has 0 saturated heterocycles. The molecule has 1 N–H and O–H groups in total. The van der Waals surface area contributed by atoms with Gasteiger partial charge in [-0.2, -0.15) is 5.26 Å². The predicted octanol–water partition coefficient (Wildman–Crippen LogP) is 0.565. The van der Waals surface area contributed by atoms with Gasteiger partial charge >= 0.3 is 0 Å². The van der Waals surface area contributed by atoms with E-state index in [4.69, 9.17) is 5.26 Å². The van der Waals surface area contributed by atoms with Crippen molar-refractivity contribution in [1.82, 2.24) is 9.29 Å². The number of aromatic nitrogens is 1. The van der Waals surface area contributed by atoms with Crippen molar-refractivity contribution >= 4 is 15.8 Å². The number of anilines is 1. The fraction of sp³-hybridized carbons (Fsp3) is 0.455. The highest BCUT2D eigenvalue weighted by molar-refractivity contribution is 7.89. The van der Waals surface area contributed by atoms with Crippen molar-refractivity contribution in [2.45, 2.75) is 6.92 Å². The predicted molar refractivity (Wildman–Crippen MR) is 69.7 cm³/mol. The maximum absolute atomic E-state index is 11.5. The molecular formula is C11H16N4O2S. The van der Waals surface area contributed by atoms with Gasteiger partial charge in [0.25, 0.3) is 0 Å². The van der Waals surface area contributed by atoms with Crippen LogP contribution in [0.2, 0.25) is 0 Å². The zero-order valence-electron chi connectivity index (χ0n) is 10.6. The van der Waals surface area contributed by atoms with Crippen LogP contribution in [0.3, 0.4) is 0 Å². The average molecular weight is 268 g/mol. The van der Waals surface area contributed by atoms with Gasteiger partial charge in [0.2, 0.25) is 10.0 Å². The third-order valence-electron chi connectivity index (χ3n) is 2.36. The zero-order valence-corrected chi connectivity index (χ0v) is 11.5. The second-order valence-electron chi connectivity index (χ2n) is 3.99. The summed E-state index contributed by atoms with van der Waals surface area (Å²) in [4.78, 5) is 4.17. The van der Waals surface area contributed by atoms with E-state index < -0.39 is 10.0 Å². The monoisotopic (exact) mass is 268 g/mol. The highest BCUT2D eigenvalue weighted by Gasteiger charge is 2.13. The molecule has 0 radical (unpaired) electrons. The van der Waals surface area contributed by atoms with E-state index in [1.807, 2.05) is 13.0 Å². The second kappa shape index (κ2) is 5.80. The van der Waals surface area contributed by atoms with E-state index in [0.29, 0.717) is 11.4 Å². The third-order valence-corrected chi connectivity index (χ3v) is 4.20. The Labute approximate surface area is 107 Å². The van der Waals surface area contributed by atoms with Crippen LogP contribution in [0, 0.1) is 18.3 Å². The van der Waals surface area contributed by atoms with E-state index in [9.17, 15) is 8.42 Å². The molecule has 98 valence electrons. The molecule has 0 fully saturated rings. The number of pyridine rings is 1. The van der Waals surface area contributed by atoms with Gasteiger partial charge in [-0.25, -0.2) is 17.7 Å². The van der Waals surface area contributed by atoms with Gasteiger partial charge in [-0.3, -0.25) is 0 Å². The summed E-state index contributed by atoms with van der Waals surface area (Å²) in [7, 11) is -0.264. The number of nitrogens with zero attached hydrogens (tertiary/aromatic N) is 3. The van der Waals surface area contributed by atoms with Crippen molar-refractivity contribution in [1.29, 1.82) is 5.26 Å². The van der Waals surface area contributed by atoms with Crippen molar-refractivity contribution in [3.05, 3.63) is 23.4 Å². The first-order valence-corrected chi connectivity index (χ1v) is 6.99. The largest absolute Gasteiger partial charge is 0.368 e. The summed E-state index contributed by atoms with van der Waals surface area (Å²) >= 11 is 0. The summed E-state index contributed by atoms with van der Waals surface area (Å²) in [5, 5.41) is 11.8. The van der Waals surface area contributed by atoms with Crippen molar-refractivity contribution in [3.8, 4) is 6.07 Å². The van der Waals surface area contributed by atoms with E-state index in [1.54, 1.807) is 12.1 Å². The molecule has 0 aliphatic carbocycles. The first-order valence-electron chi connectivity index (χ1n) is 5.38. The summed E-state index contributed by atoms with van der Waals surface area (Å²) in [5.74, 6) is 0.381. The Kier molecular flexibility index (Phi) is 4.64. The van der Waals surface area contributed by atoms with Gasteiger partial charge in [-0.05, 0) is 19.1 Å². The molecule has 0 aromatic carbocycles. The van der Waals surface area contributed by atoms with E-state index in [2.05, 4.69) is 10.3 Å². The summed E-state index contributed by atoms with van der Waals surface area (Å²) in [6.07, 6.45) is 0. The topological polar surface area (TPSA) is 86.1 Å². The van der Waals surface area contributed by atoms with Crippen molar-refractivity contribution < 1.29 is 8.42 Å². The summed E-state index contributed by atoms with van der Waals surface area (Å²) in [5.41, 5.74) is 1.18. The fourth-order valence-corrected chi connectivity index (χ4v) is 1.99. The molecule has 1 heterocycles. The Morgan fingerprint density at radius 3 is 2.67 bits per heavy atom. The molecule has 6 nitrogen and oxygen atoms in total. The first-order chi connectivity index (χ1) is 8.36. The van der Waals surface area contributed by atoms with E-state index in [0.717, 1.165) is 5.69 Å². The normalized spacial score (nSPS) is 11.3. The minimum Gasteiger partial charge on any atom is -0.368 e. The van der Waals surface area contributed by atoms with Crippen LogP contribution in [0.1, 0.15) is 11.3 Å². The highest BCUT2D eigenvalue weighted by atomic mass is 32.2. The Hall–Kier alpha value is -1.65. The molecule has 1 rings (SSSR count). The lowest BCUT2D eigenvalue weighted by Gasteiger charge is -2.12. The minimum atomic E-state index is -3.24. The molecule has 0 atom stereocenters. The van der Waals surface area contributed by atoms with Crippen molar-refractivity contribution in [2.24, 2.45) is 0 Å². The number of hydrogen-bond donors (Lipinski definition) is 1. The van der Waals surface area contributed by atoms with Gasteiger partial charge < -0.3 is 5.32 Å². The summed E-state index contributed by atoms with van der Waals surface area (Å²) in [6, 6.07) is 5.40. The SMILES string of the molecule is Cc1ccc(C#N)c(NCCS(=O)(=O)N(C)C)n1. The van der Waals surface area contributed by atoms with Crippen LogP contribution in [0.5, 0.6) is 0 Å². The third kappa shape index (κ3) is 3.68. The van der Waals surface area contributed by atoms with Crippen molar-refractivity contribution in [2.75, 3.05) is 31.7 Å². The summed E-state index contributed by atoms with van der Waals surface area (Å²) < 4.78 is 24.3. The average Bonchev–Trinajstić information content (AvgIpc) is 2.29. The minimum absolute atomic E-state index is 0.0412. The number of aryl methyl sites for hydroxylation is 1. The lowest BCUT2D eigenvalue weighted by Crippen LogP contribution is -2.28. The van der Waals surface area contributed by atoms with E-state index in [1.165, 1.54) is 18.4 Å². The van der Waals surface area contributed by atoms with Gasteiger partial charge in [-0.1, -0.05) is 0 Å². The smallest absolute Gasteiger partial charge is 0.215 e. The maximum Gasteiger partial charge on any atom is 0.215 e. The molecule has 0 saturated carbocycles. The Morgan fingerprint density at radius 2 is 2.11 bits per heavy atom. The van der Waals surface area contributed by atoms with E-state index >= 15 is 0 Å². The van der Waals surface area contributed by atoms with Crippen LogP contribution < -0.4 is 5.32 Å². The molecule has 0 unspecified atom stereocenters. The Bertz CT molecular complexity index is 561. The van der Waals surface area contributed by atoms with Gasteiger partial charge in [0, 0.05) is 26.3 Å². The lowest BCUT2D eigenvalue weighted by atomic mass is 10.2. The molecule has 1 aromatic rings. The van der Waals surface area contributed by atoms with Crippen molar-refractivity contribution in [3.63, 3.8) is 0 Å². The van der Waals surface area contributed by atoms with Gasteiger partial charge in [0.15, 0.2) is 0 Å². The van der Waals surface area contributed by atoms with Crippen LogP contribution in [0.4, 0.5) is 5.82 Å². The molecule has 0 spiro atoms. The number of rotatable bonds is 5. The maximum atomic E-state index is 11.5. The number of nitriles is 1. The number of sulfonamides is 1. The van der Waals surface area contributed by atoms with Crippen LogP contribution in [-0.2, 0) is 10.0 Å².